The number of thiazole rings is 1. The fourth-order valence-electron chi connectivity index (χ4n) is 4.15. The van der Waals surface area contributed by atoms with Crippen LogP contribution in [0.1, 0.15) is 5.69 Å². The number of anilines is 2. The third kappa shape index (κ3) is 4.65. The molecule has 0 spiro atoms. The zero-order valence-electron chi connectivity index (χ0n) is 19.5. The van der Waals surface area contributed by atoms with Crippen molar-refractivity contribution in [3.8, 4) is 0 Å². The van der Waals surface area contributed by atoms with Crippen molar-refractivity contribution in [2.24, 2.45) is 5.16 Å². The number of carbonyl (C=O) groups excluding carboxylic acids is 3. The largest absolute Gasteiger partial charge is 0.543 e. The van der Waals surface area contributed by atoms with Gasteiger partial charge in [0.05, 0.1) is 22.7 Å². The van der Waals surface area contributed by atoms with Crippen molar-refractivity contribution >= 4 is 79.0 Å². The third-order valence-electron chi connectivity index (χ3n) is 5.82. The Morgan fingerprint density at radius 3 is 2.87 bits per heavy atom. The lowest BCUT2D eigenvalue weighted by Crippen LogP contribution is -2.71. The number of aromatic nitrogens is 2. The maximum atomic E-state index is 13.1. The van der Waals surface area contributed by atoms with E-state index in [1.807, 2.05) is 28.3 Å². The van der Waals surface area contributed by atoms with Crippen molar-refractivity contribution in [1.82, 2.24) is 15.2 Å². The van der Waals surface area contributed by atoms with Crippen LogP contribution in [0.5, 0.6) is 0 Å². The first-order chi connectivity index (χ1) is 18.3. The standard InChI is InChI=1S/C22H20FN7O5S3/c23-3-5-35-28-14(13-9-38-22(25)26-13)17(31)27-15-18(32)30-16(21(33)34)10(7-36-20(15)30)6-29-4-1-2-11-12(24)8-37-19(11)29/h1-2,4,8-9,15,20H,3,5-7,24H2,(H3-,25,26,27,31,33,34)/b28-14-/t15?,20-/m1/s1. The Morgan fingerprint density at radius 1 is 1.34 bits per heavy atom. The van der Waals surface area contributed by atoms with E-state index >= 15 is 0 Å². The van der Waals surface area contributed by atoms with Crippen LogP contribution in [0.2, 0.25) is 0 Å². The molecule has 0 aromatic carbocycles. The van der Waals surface area contributed by atoms with E-state index in [-0.39, 0.29) is 41.1 Å². The molecule has 0 bridgehead atoms. The zero-order chi connectivity index (χ0) is 27.0. The number of thioether (sulfide) groups is 1. The number of hydrogen-bond acceptors (Lipinski definition) is 12. The minimum absolute atomic E-state index is 0.0989. The van der Waals surface area contributed by atoms with E-state index < -0.39 is 35.9 Å². The first-order valence-corrected chi connectivity index (χ1v) is 13.9. The molecular weight excluding hydrogens is 557 g/mol. The number of carbonyl (C=O) groups is 3. The fourth-order valence-corrected chi connectivity index (χ4v) is 6.97. The number of hydrogen-bond donors (Lipinski definition) is 3. The molecule has 198 valence electrons. The van der Waals surface area contributed by atoms with Gasteiger partial charge in [0.15, 0.2) is 23.6 Å². The SMILES string of the molecule is Nc1nc(/C(=N/OCCF)C(=O)NC2C(=O)N3C(C(=O)[O-])=C(C[n+]4cccc5c(N)csc54)CS[C@H]23)cs1. The summed E-state index contributed by atoms with van der Waals surface area (Å²) in [5.41, 5.74) is 12.4. The van der Waals surface area contributed by atoms with Crippen molar-refractivity contribution in [3.63, 3.8) is 0 Å². The molecule has 12 nitrogen and oxygen atoms in total. The lowest BCUT2D eigenvalue weighted by molar-refractivity contribution is -0.661. The quantitative estimate of drug-likeness (QED) is 0.100. The number of aliphatic carboxylic acids is 1. The van der Waals surface area contributed by atoms with E-state index in [9.17, 15) is 23.9 Å². The van der Waals surface area contributed by atoms with Crippen LogP contribution in [0, 0.1) is 0 Å². The number of thiophene rings is 1. The van der Waals surface area contributed by atoms with Gasteiger partial charge in [0.25, 0.3) is 16.6 Å². The summed E-state index contributed by atoms with van der Waals surface area (Å²) in [4.78, 5) is 49.0. The van der Waals surface area contributed by atoms with Gasteiger partial charge in [-0.25, -0.2) is 9.37 Å². The summed E-state index contributed by atoms with van der Waals surface area (Å²) in [6, 6.07) is 2.67. The van der Waals surface area contributed by atoms with Gasteiger partial charge in [-0.15, -0.1) is 23.1 Å². The van der Waals surface area contributed by atoms with Gasteiger partial charge >= 0.3 is 0 Å². The third-order valence-corrected chi connectivity index (χ3v) is 8.88. The Hall–Kier alpha value is -3.76. The first kappa shape index (κ1) is 25.9. The second-order valence-electron chi connectivity index (χ2n) is 8.18. The van der Waals surface area contributed by atoms with Crippen LogP contribution in [-0.2, 0) is 25.8 Å². The van der Waals surface area contributed by atoms with E-state index in [0.717, 1.165) is 26.5 Å². The number of rotatable bonds is 9. The molecule has 2 aliphatic heterocycles. The number of nitrogens with two attached hydrogens (primary N) is 2. The molecule has 0 radical (unpaired) electrons. The van der Waals surface area contributed by atoms with Crippen LogP contribution in [0.25, 0.3) is 10.2 Å². The minimum Gasteiger partial charge on any atom is -0.543 e. The van der Waals surface area contributed by atoms with E-state index in [1.165, 1.54) is 28.5 Å². The van der Waals surface area contributed by atoms with Gasteiger partial charge in [0, 0.05) is 28.2 Å². The fraction of sp³-hybridized carbons (Fsp3) is 0.273. The first-order valence-electron chi connectivity index (χ1n) is 11.1. The van der Waals surface area contributed by atoms with E-state index in [2.05, 4.69) is 15.5 Å². The average Bonchev–Trinajstić information content (AvgIpc) is 3.50. The van der Waals surface area contributed by atoms with Crippen molar-refractivity contribution in [1.29, 1.82) is 0 Å². The van der Waals surface area contributed by atoms with Crippen molar-refractivity contribution < 1.29 is 33.3 Å². The van der Waals surface area contributed by atoms with Crippen molar-refractivity contribution in [2.45, 2.75) is 18.0 Å². The van der Waals surface area contributed by atoms with Gasteiger partial charge in [-0.3, -0.25) is 14.5 Å². The molecule has 2 aliphatic rings. The van der Waals surface area contributed by atoms with E-state index in [4.69, 9.17) is 16.3 Å². The molecule has 3 aromatic heterocycles. The van der Waals surface area contributed by atoms with Crippen LogP contribution in [-0.4, -0.2) is 63.8 Å². The number of nitrogens with zero attached hydrogens (tertiary/aromatic N) is 4. The number of amides is 2. The number of alkyl halides is 1. The predicted molar refractivity (Wildman–Crippen MR) is 138 cm³/mol. The average molecular weight is 578 g/mol. The molecule has 5 heterocycles. The Kier molecular flexibility index (Phi) is 7.18. The molecule has 16 heteroatoms. The number of pyridine rings is 1. The molecule has 0 saturated carbocycles. The Balaban J connectivity index is 1.37. The highest BCUT2D eigenvalue weighted by atomic mass is 32.2. The normalized spacial score (nSPS) is 19.3. The summed E-state index contributed by atoms with van der Waals surface area (Å²) in [6.45, 7) is -0.980. The Bertz CT molecular complexity index is 1500. The number of halogens is 1. The maximum Gasteiger partial charge on any atom is 0.276 e. The monoisotopic (exact) mass is 577 g/mol. The number of β-lactam (4-membered cyclic amide) rings is 1. The van der Waals surface area contributed by atoms with E-state index in [1.54, 1.807) is 0 Å². The second kappa shape index (κ2) is 10.5. The molecule has 5 rings (SSSR count). The number of carboxylic acid groups (broad SMARTS) is 1. The smallest absolute Gasteiger partial charge is 0.276 e. The Morgan fingerprint density at radius 2 is 2.16 bits per heavy atom. The minimum atomic E-state index is -1.48. The summed E-state index contributed by atoms with van der Waals surface area (Å²) in [7, 11) is 0. The molecule has 2 amide bonds. The Labute approximate surface area is 226 Å². The lowest BCUT2D eigenvalue weighted by Gasteiger charge is -2.50. The second-order valence-corrected chi connectivity index (χ2v) is 11.0. The van der Waals surface area contributed by atoms with Gasteiger partial charge in [0.2, 0.25) is 0 Å². The molecular formula is C22H20FN7O5S3. The van der Waals surface area contributed by atoms with Crippen LogP contribution >= 0.6 is 34.4 Å². The number of oxime groups is 1. The van der Waals surface area contributed by atoms with Crippen molar-refractivity contribution in [3.05, 3.63) is 46.1 Å². The highest BCUT2D eigenvalue weighted by molar-refractivity contribution is 8.00. The van der Waals surface area contributed by atoms with Gasteiger partial charge in [0.1, 0.15) is 30.4 Å². The molecule has 1 saturated heterocycles. The molecule has 3 aromatic rings. The molecule has 5 N–H and O–H groups in total. The van der Waals surface area contributed by atoms with Crippen molar-refractivity contribution in [2.75, 3.05) is 30.5 Å². The summed E-state index contributed by atoms with van der Waals surface area (Å²) in [5.74, 6) is -2.60. The summed E-state index contributed by atoms with van der Waals surface area (Å²) in [5, 5.41) is 22.0. The van der Waals surface area contributed by atoms with Crippen LogP contribution < -0.4 is 26.5 Å². The zero-order valence-corrected chi connectivity index (χ0v) is 21.9. The maximum absolute atomic E-state index is 13.1. The topological polar surface area (TPSA) is 180 Å². The predicted octanol–water partition coefficient (Wildman–Crippen LogP) is -0.396. The molecule has 38 heavy (non-hydrogen) atoms. The van der Waals surface area contributed by atoms with Gasteiger partial charge in [-0.05, 0) is 6.07 Å². The molecule has 1 fully saturated rings. The number of fused-ring (bicyclic) bond motifs is 2. The van der Waals surface area contributed by atoms with Gasteiger partial charge < -0.3 is 31.5 Å². The highest BCUT2D eigenvalue weighted by Gasteiger charge is 2.53. The highest BCUT2D eigenvalue weighted by Crippen LogP contribution is 2.40. The van der Waals surface area contributed by atoms with E-state index in [0.29, 0.717) is 11.3 Å². The van der Waals surface area contributed by atoms with Gasteiger partial charge in [-0.1, -0.05) is 16.5 Å². The number of carboxylic acids is 1. The molecule has 1 unspecified atom stereocenters. The van der Waals surface area contributed by atoms with Crippen LogP contribution in [0.3, 0.4) is 0 Å². The number of nitrogen functional groups attached to an aromatic ring is 2. The lowest BCUT2D eigenvalue weighted by atomic mass is 10.0. The molecule has 0 aliphatic carbocycles. The summed E-state index contributed by atoms with van der Waals surface area (Å²) in [6.07, 6.45) is 1.81. The molecule has 2 atom stereocenters. The number of nitrogens with one attached hydrogen (secondary N) is 1. The van der Waals surface area contributed by atoms with Crippen LogP contribution in [0.4, 0.5) is 15.2 Å². The van der Waals surface area contributed by atoms with Gasteiger partial charge in [-0.2, -0.15) is 4.57 Å². The summed E-state index contributed by atoms with van der Waals surface area (Å²) >= 11 is 3.81. The summed E-state index contributed by atoms with van der Waals surface area (Å²) < 4.78 is 14.3. The van der Waals surface area contributed by atoms with Crippen LogP contribution in [0.15, 0.2) is 45.5 Å².